The van der Waals surface area contributed by atoms with E-state index >= 15 is 0 Å². The Labute approximate surface area is 292 Å². The van der Waals surface area contributed by atoms with Crippen molar-refractivity contribution in [3.05, 3.63) is 0 Å². The Morgan fingerprint density at radius 3 is 0.870 bits per heavy atom. The molecule has 0 amide bonds. The molecule has 1 rings (SSSR count). The van der Waals surface area contributed by atoms with E-state index in [4.69, 9.17) is 0 Å². The van der Waals surface area contributed by atoms with Gasteiger partial charge in [0.25, 0.3) is 0 Å². The lowest BCUT2D eigenvalue weighted by Crippen LogP contribution is -2.48. The monoisotopic (exact) mass is 648 g/mol. The van der Waals surface area contributed by atoms with E-state index in [1.54, 1.807) is 0 Å². The van der Waals surface area contributed by atoms with Gasteiger partial charge in [0.2, 0.25) is 0 Å². The Bertz CT molecular complexity index is 534. The van der Waals surface area contributed by atoms with Gasteiger partial charge in [-0.05, 0) is 38.9 Å². The van der Waals surface area contributed by atoms with Crippen molar-refractivity contribution < 1.29 is 0 Å². The summed E-state index contributed by atoms with van der Waals surface area (Å²) in [5.41, 5.74) is 0. The van der Waals surface area contributed by atoms with Crippen LogP contribution in [0, 0.1) is 0 Å². The average molecular weight is 648 g/mol. The molecule has 3 nitrogen and oxygen atoms in total. The van der Waals surface area contributed by atoms with Crippen LogP contribution in [-0.4, -0.2) is 73.6 Å². The van der Waals surface area contributed by atoms with Gasteiger partial charge in [-0.1, -0.05) is 201 Å². The summed E-state index contributed by atoms with van der Waals surface area (Å²) >= 11 is 0. The lowest BCUT2D eigenvalue weighted by atomic mass is 10.1. The minimum Gasteiger partial charge on any atom is -0.302 e. The lowest BCUT2D eigenvalue weighted by molar-refractivity contribution is 0.116. The van der Waals surface area contributed by atoms with Crippen LogP contribution < -0.4 is 0 Å². The Balaban J connectivity index is 2.16. The minimum absolute atomic E-state index is 1.29. The second kappa shape index (κ2) is 36.2. The van der Waals surface area contributed by atoms with Crippen molar-refractivity contribution >= 4 is 0 Å². The zero-order valence-corrected chi connectivity index (χ0v) is 32.6. The van der Waals surface area contributed by atoms with Gasteiger partial charge in [-0.25, -0.2) is 0 Å². The molecule has 0 aromatic heterocycles. The Morgan fingerprint density at radius 1 is 0.283 bits per heavy atom. The van der Waals surface area contributed by atoms with E-state index < -0.39 is 0 Å². The molecule has 1 saturated heterocycles. The summed E-state index contributed by atoms with van der Waals surface area (Å²) in [5, 5.41) is 0. The summed E-state index contributed by atoms with van der Waals surface area (Å²) in [7, 11) is 0. The van der Waals surface area contributed by atoms with Crippen molar-refractivity contribution in [2.24, 2.45) is 0 Å². The molecule has 0 radical (unpaired) electrons. The first-order chi connectivity index (χ1) is 22.8. The highest BCUT2D eigenvalue weighted by Crippen LogP contribution is 2.15. The molecule has 1 fully saturated rings. The number of hydrogen-bond donors (Lipinski definition) is 0. The first kappa shape index (κ1) is 43.9. The third-order valence-corrected chi connectivity index (χ3v) is 10.9. The van der Waals surface area contributed by atoms with Gasteiger partial charge < -0.3 is 9.80 Å². The molecule has 0 N–H and O–H groups in total. The van der Waals surface area contributed by atoms with Crippen LogP contribution in [0.3, 0.4) is 0 Å². The van der Waals surface area contributed by atoms with Crippen molar-refractivity contribution in [2.75, 3.05) is 58.9 Å². The molecule has 0 bridgehead atoms. The van der Waals surface area contributed by atoms with E-state index in [-0.39, 0.29) is 0 Å². The van der Waals surface area contributed by atoms with Crippen LogP contribution >= 0.6 is 0 Å². The summed E-state index contributed by atoms with van der Waals surface area (Å²) in [6.07, 6.45) is 44.9. The first-order valence-electron chi connectivity index (χ1n) is 22.0. The van der Waals surface area contributed by atoms with E-state index in [0.717, 1.165) is 0 Å². The summed E-state index contributed by atoms with van der Waals surface area (Å²) in [6.45, 7) is 18.8. The fourth-order valence-corrected chi connectivity index (χ4v) is 7.50. The molecule has 1 aliphatic heterocycles. The second-order valence-corrected chi connectivity index (χ2v) is 15.4. The quantitative estimate of drug-likeness (QED) is 0.0621. The molecule has 0 unspecified atom stereocenters. The first-order valence-corrected chi connectivity index (χ1v) is 22.0. The van der Waals surface area contributed by atoms with E-state index in [2.05, 4.69) is 35.5 Å². The predicted octanol–water partition coefficient (Wildman–Crippen LogP) is 13.1. The number of unbranched alkanes of at least 4 members (excludes halogenated alkanes) is 28. The molecule has 1 aliphatic rings. The fourth-order valence-electron chi connectivity index (χ4n) is 7.50. The van der Waals surface area contributed by atoms with Gasteiger partial charge in [-0.2, -0.15) is 0 Å². The Kier molecular flexibility index (Phi) is 34.5. The molecule has 0 aromatic rings. The number of rotatable bonds is 37. The number of piperazine rings is 1. The molecular weight excluding hydrogens is 558 g/mol. The highest BCUT2D eigenvalue weighted by molar-refractivity contribution is 4.73. The second-order valence-electron chi connectivity index (χ2n) is 15.4. The maximum Gasteiger partial charge on any atom is 0.0110 e. The smallest absolute Gasteiger partial charge is 0.0110 e. The fraction of sp³-hybridized carbons (Fsp3) is 1.00. The van der Waals surface area contributed by atoms with Crippen LogP contribution in [0.15, 0.2) is 0 Å². The normalized spacial score (nSPS) is 14.6. The number of hydrogen-bond acceptors (Lipinski definition) is 3. The maximum atomic E-state index is 2.85. The molecule has 0 aromatic carbocycles. The average Bonchev–Trinajstić information content (AvgIpc) is 3.07. The van der Waals surface area contributed by atoms with Crippen LogP contribution in [-0.2, 0) is 0 Å². The van der Waals surface area contributed by atoms with Gasteiger partial charge in [0.1, 0.15) is 0 Å². The number of nitrogens with zero attached hydrogens (tertiary/aromatic N) is 3. The van der Waals surface area contributed by atoms with E-state index in [1.807, 2.05) is 0 Å². The lowest BCUT2D eigenvalue weighted by Gasteiger charge is -2.36. The Hall–Kier alpha value is -0.120. The predicted molar refractivity (Wildman–Crippen MR) is 209 cm³/mol. The van der Waals surface area contributed by atoms with Gasteiger partial charge >= 0.3 is 0 Å². The highest BCUT2D eigenvalue weighted by atomic mass is 15.3. The minimum atomic E-state index is 1.29. The molecule has 0 aliphatic carbocycles. The molecule has 0 spiro atoms. The zero-order valence-electron chi connectivity index (χ0n) is 32.6. The zero-order chi connectivity index (χ0) is 33.0. The van der Waals surface area contributed by atoms with Crippen molar-refractivity contribution in [2.45, 2.75) is 220 Å². The largest absolute Gasteiger partial charge is 0.302 e. The molecule has 0 atom stereocenters. The van der Waals surface area contributed by atoms with Gasteiger partial charge in [0.05, 0.1) is 0 Å². The maximum absolute atomic E-state index is 2.85. The summed E-state index contributed by atoms with van der Waals surface area (Å²) in [6, 6.07) is 0. The van der Waals surface area contributed by atoms with Gasteiger partial charge in [0.15, 0.2) is 0 Å². The van der Waals surface area contributed by atoms with Crippen LogP contribution in [0.25, 0.3) is 0 Å². The van der Waals surface area contributed by atoms with Crippen LogP contribution in [0.1, 0.15) is 220 Å². The summed E-state index contributed by atoms with van der Waals surface area (Å²) in [5.74, 6) is 0. The highest BCUT2D eigenvalue weighted by Gasteiger charge is 2.17. The van der Waals surface area contributed by atoms with Crippen molar-refractivity contribution in [3.8, 4) is 0 Å². The van der Waals surface area contributed by atoms with Crippen LogP contribution in [0.4, 0.5) is 0 Å². The van der Waals surface area contributed by atoms with Crippen molar-refractivity contribution in [3.63, 3.8) is 0 Å². The molecule has 46 heavy (non-hydrogen) atoms. The van der Waals surface area contributed by atoms with E-state index in [9.17, 15) is 0 Å². The van der Waals surface area contributed by atoms with Crippen LogP contribution in [0.5, 0.6) is 0 Å². The third-order valence-electron chi connectivity index (χ3n) is 10.9. The van der Waals surface area contributed by atoms with Crippen molar-refractivity contribution in [1.29, 1.82) is 0 Å². The van der Waals surface area contributed by atoms with Crippen molar-refractivity contribution in [1.82, 2.24) is 14.7 Å². The molecule has 1 heterocycles. The topological polar surface area (TPSA) is 9.72 Å². The Morgan fingerprint density at radius 2 is 0.543 bits per heavy atom. The van der Waals surface area contributed by atoms with E-state index in [0.29, 0.717) is 0 Å². The van der Waals surface area contributed by atoms with E-state index in [1.165, 1.54) is 258 Å². The SMILES string of the molecule is CCCCCCCCCCCCCN1CCN(CCN(CCCCCCCCCCCC)CCCCCCCCCCCC)CC1. The summed E-state index contributed by atoms with van der Waals surface area (Å²) < 4.78 is 0. The van der Waals surface area contributed by atoms with Gasteiger partial charge in [-0.15, -0.1) is 0 Å². The van der Waals surface area contributed by atoms with Crippen LogP contribution in [0.2, 0.25) is 0 Å². The standard InChI is InChI=1S/C43H89N3/c1-4-7-10-13-16-19-22-25-28-31-34-37-45-39-42-46(43-40-45)41-38-44(35-32-29-26-23-20-17-14-11-8-5-2)36-33-30-27-24-21-18-15-12-9-6-3/h4-43H2,1-3H3. The molecule has 276 valence electrons. The van der Waals surface area contributed by atoms with Gasteiger partial charge in [-0.3, -0.25) is 4.90 Å². The molecule has 0 saturated carbocycles. The summed E-state index contributed by atoms with van der Waals surface area (Å²) in [4.78, 5) is 8.39. The third kappa shape index (κ3) is 30.0. The molecular formula is C43H89N3. The molecule has 3 heteroatoms. The van der Waals surface area contributed by atoms with Gasteiger partial charge in [0, 0.05) is 39.3 Å².